The molecule has 1 heterocycles. The Balaban J connectivity index is 1.90. The number of urea groups is 1. The summed E-state index contributed by atoms with van der Waals surface area (Å²) < 4.78 is 5.32. The van der Waals surface area contributed by atoms with Gasteiger partial charge in [0.25, 0.3) is 0 Å². The lowest BCUT2D eigenvalue weighted by Crippen LogP contribution is -2.46. The highest BCUT2D eigenvalue weighted by atomic mass is 35.5. The molecule has 1 aliphatic heterocycles. The van der Waals surface area contributed by atoms with Gasteiger partial charge in [-0.2, -0.15) is 0 Å². The number of rotatable bonds is 4. The average Bonchev–Trinajstić information content (AvgIpc) is 2.52. The van der Waals surface area contributed by atoms with Crippen LogP contribution in [0.1, 0.15) is 31.2 Å². The summed E-state index contributed by atoms with van der Waals surface area (Å²) in [6.45, 7) is 3.93. The molecule has 2 rings (SSSR count). The number of hydrogen-bond donors (Lipinski definition) is 1. The van der Waals surface area contributed by atoms with E-state index >= 15 is 0 Å². The van der Waals surface area contributed by atoms with Gasteiger partial charge in [0.05, 0.1) is 0 Å². The molecule has 2 amide bonds. The third-order valence-electron chi connectivity index (χ3n) is 4.11. The summed E-state index contributed by atoms with van der Waals surface area (Å²) in [4.78, 5) is 14.0. The van der Waals surface area contributed by atoms with Crippen LogP contribution in [0.5, 0.6) is 0 Å². The van der Waals surface area contributed by atoms with Crippen LogP contribution in [0.3, 0.4) is 0 Å². The third kappa shape index (κ3) is 4.28. The molecule has 1 atom stereocenters. The zero-order chi connectivity index (χ0) is 16.1. The second-order valence-electron chi connectivity index (χ2n) is 5.68. The minimum atomic E-state index is -0.0677. The monoisotopic (exact) mass is 344 g/mol. The van der Waals surface area contributed by atoms with Crippen LogP contribution in [-0.2, 0) is 4.74 Å². The molecule has 0 spiro atoms. The molecule has 4 nitrogen and oxygen atoms in total. The molecule has 6 heteroatoms. The van der Waals surface area contributed by atoms with Crippen molar-refractivity contribution in [1.29, 1.82) is 0 Å². The summed E-state index contributed by atoms with van der Waals surface area (Å²) in [7, 11) is 1.83. The summed E-state index contributed by atoms with van der Waals surface area (Å²) in [5.74, 6) is 0.0493. The Morgan fingerprint density at radius 2 is 1.95 bits per heavy atom. The van der Waals surface area contributed by atoms with Gasteiger partial charge in [-0.05, 0) is 30.5 Å². The van der Waals surface area contributed by atoms with Crippen LogP contribution in [0.2, 0.25) is 10.0 Å². The zero-order valence-electron chi connectivity index (χ0n) is 12.9. The maximum Gasteiger partial charge on any atom is 0.317 e. The van der Waals surface area contributed by atoms with Gasteiger partial charge in [0.2, 0.25) is 0 Å². The quantitative estimate of drug-likeness (QED) is 0.899. The van der Waals surface area contributed by atoms with E-state index in [0.29, 0.717) is 29.8 Å². The number of halogens is 2. The van der Waals surface area contributed by atoms with Crippen molar-refractivity contribution in [3.8, 4) is 0 Å². The first-order valence-corrected chi connectivity index (χ1v) is 8.28. The molecule has 0 aliphatic carbocycles. The van der Waals surface area contributed by atoms with Crippen molar-refractivity contribution < 1.29 is 9.53 Å². The first-order valence-electron chi connectivity index (χ1n) is 7.53. The van der Waals surface area contributed by atoms with Crippen molar-refractivity contribution >= 4 is 29.2 Å². The largest absolute Gasteiger partial charge is 0.381 e. The number of carbonyl (C=O) groups is 1. The molecule has 1 aromatic carbocycles. The Morgan fingerprint density at radius 1 is 1.36 bits per heavy atom. The Bertz CT molecular complexity index is 499. The van der Waals surface area contributed by atoms with Gasteiger partial charge in [0.1, 0.15) is 0 Å². The van der Waals surface area contributed by atoms with E-state index in [0.717, 1.165) is 18.4 Å². The van der Waals surface area contributed by atoms with Gasteiger partial charge >= 0.3 is 6.03 Å². The fourth-order valence-electron chi connectivity index (χ4n) is 2.69. The first-order chi connectivity index (χ1) is 10.5. The number of ether oxygens (including phenoxy) is 1. The Morgan fingerprint density at radius 3 is 2.55 bits per heavy atom. The molecule has 0 unspecified atom stereocenters. The van der Waals surface area contributed by atoms with Gasteiger partial charge in [-0.15, -0.1) is 0 Å². The predicted molar refractivity (Wildman–Crippen MR) is 89.9 cm³/mol. The van der Waals surface area contributed by atoms with Gasteiger partial charge in [0.15, 0.2) is 0 Å². The van der Waals surface area contributed by atoms with E-state index in [2.05, 4.69) is 5.32 Å². The van der Waals surface area contributed by atoms with Crippen LogP contribution in [0.25, 0.3) is 0 Å². The van der Waals surface area contributed by atoms with Gasteiger partial charge in [-0.3, -0.25) is 0 Å². The molecule has 22 heavy (non-hydrogen) atoms. The highest BCUT2D eigenvalue weighted by molar-refractivity contribution is 6.36. The van der Waals surface area contributed by atoms with E-state index < -0.39 is 0 Å². The van der Waals surface area contributed by atoms with E-state index in [1.54, 1.807) is 4.90 Å². The second kappa shape index (κ2) is 8.04. The van der Waals surface area contributed by atoms with Crippen LogP contribution >= 0.6 is 23.2 Å². The number of nitrogens with zero attached hydrogens (tertiary/aromatic N) is 1. The first kappa shape index (κ1) is 17.4. The SMILES string of the molecule is C[C@H](CNC(=O)N(C)C1CCOCC1)c1c(Cl)cccc1Cl. The van der Waals surface area contributed by atoms with E-state index in [1.807, 2.05) is 32.2 Å². The van der Waals surface area contributed by atoms with Crippen molar-refractivity contribution in [2.45, 2.75) is 31.7 Å². The topological polar surface area (TPSA) is 41.6 Å². The van der Waals surface area contributed by atoms with E-state index in [4.69, 9.17) is 27.9 Å². The zero-order valence-corrected chi connectivity index (χ0v) is 14.5. The van der Waals surface area contributed by atoms with Crippen LogP contribution in [0, 0.1) is 0 Å². The molecule has 1 aromatic rings. The van der Waals surface area contributed by atoms with Crippen LogP contribution < -0.4 is 5.32 Å². The number of nitrogens with one attached hydrogen (secondary N) is 1. The molecular weight excluding hydrogens is 323 g/mol. The lowest BCUT2D eigenvalue weighted by atomic mass is 10.0. The van der Waals surface area contributed by atoms with Crippen molar-refractivity contribution in [2.24, 2.45) is 0 Å². The Labute approximate surface area is 141 Å². The maximum absolute atomic E-state index is 12.3. The van der Waals surface area contributed by atoms with Crippen LogP contribution in [0.4, 0.5) is 4.79 Å². The highest BCUT2D eigenvalue weighted by Gasteiger charge is 2.23. The van der Waals surface area contributed by atoms with Gasteiger partial charge in [-0.1, -0.05) is 36.2 Å². The molecule has 0 aromatic heterocycles. The van der Waals surface area contributed by atoms with Crippen molar-refractivity contribution in [1.82, 2.24) is 10.2 Å². The lowest BCUT2D eigenvalue weighted by molar-refractivity contribution is 0.0526. The molecule has 0 radical (unpaired) electrons. The number of carbonyl (C=O) groups excluding carboxylic acids is 1. The summed E-state index contributed by atoms with van der Waals surface area (Å²) >= 11 is 12.4. The average molecular weight is 345 g/mol. The molecule has 0 saturated carbocycles. The molecular formula is C16H22Cl2N2O2. The van der Waals surface area contributed by atoms with Crippen molar-refractivity contribution in [2.75, 3.05) is 26.8 Å². The molecule has 1 fully saturated rings. The third-order valence-corrected chi connectivity index (χ3v) is 4.77. The lowest BCUT2D eigenvalue weighted by Gasteiger charge is -2.31. The molecule has 122 valence electrons. The Hall–Kier alpha value is -0.970. The van der Waals surface area contributed by atoms with Crippen LogP contribution in [0.15, 0.2) is 18.2 Å². The molecule has 0 bridgehead atoms. The maximum atomic E-state index is 12.3. The molecule has 1 aliphatic rings. The summed E-state index contributed by atoms with van der Waals surface area (Å²) in [6, 6.07) is 5.62. The second-order valence-corrected chi connectivity index (χ2v) is 6.49. The minimum Gasteiger partial charge on any atom is -0.381 e. The van der Waals surface area contributed by atoms with Gasteiger partial charge in [0, 0.05) is 48.8 Å². The number of hydrogen-bond acceptors (Lipinski definition) is 2. The molecule has 1 saturated heterocycles. The fourth-order valence-corrected chi connectivity index (χ4v) is 3.46. The number of benzene rings is 1. The van der Waals surface area contributed by atoms with Gasteiger partial charge in [-0.25, -0.2) is 4.79 Å². The van der Waals surface area contributed by atoms with Crippen molar-refractivity contribution in [3.05, 3.63) is 33.8 Å². The molecule has 1 N–H and O–H groups in total. The minimum absolute atomic E-state index is 0.0493. The fraction of sp³-hybridized carbons (Fsp3) is 0.562. The van der Waals surface area contributed by atoms with E-state index in [-0.39, 0.29) is 18.0 Å². The van der Waals surface area contributed by atoms with E-state index in [1.165, 1.54) is 0 Å². The van der Waals surface area contributed by atoms with Crippen molar-refractivity contribution in [3.63, 3.8) is 0 Å². The van der Waals surface area contributed by atoms with Crippen LogP contribution in [-0.4, -0.2) is 43.8 Å². The summed E-state index contributed by atoms with van der Waals surface area (Å²) in [5.41, 5.74) is 0.875. The van der Waals surface area contributed by atoms with E-state index in [9.17, 15) is 4.79 Å². The van der Waals surface area contributed by atoms with Gasteiger partial charge < -0.3 is 15.0 Å². The summed E-state index contributed by atoms with van der Waals surface area (Å²) in [6.07, 6.45) is 1.77. The smallest absolute Gasteiger partial charge is 0.317 e. The normalized spacial score (nSPS) is 17.1. The predicted octanol–water partition coefficient (Wildman–Crippen LogP) is 3.92. The Kier molecular flexibility index (Phi) is 6.36. The summed E-state index contributed by atoms with van der Waals surface area (Å²) in [5, 5.41) is 4.22. The number of amides is 2. The standard InChI is InChI=1S/C16H22Cl2N2O2/c1-11(15-13(17)4-3-5-14(15)18)10-19-16(21)20(2)12-6-8-22-9-7-12/h3-5,11-12H,6-10H2,1-2H3,(H,19,21)/t11-/m1/s1. The highest BCUT2D eigenvalue weighted by Crippen LogP contribution is 2.31.